The molecule has 0 aliphatic rings. The second kappa shape index (κ2) is 7.26. The Morgan fingerprint density at radius 2 is 2.05 bits per heavy atom. The van der Waals surface area contributed by atoms with E-state index >= 15 is 0 Å². The summed E-state index contributed by atoms with van der Waals surface area (Å²) in [5, 5.41) is 2.39. The SMILES string of the molecule is CCO[C@H](C)C(=O)Nc1ccc(OCC(F)(F)F)c(F)c1. The summed E-state index contributed by atoms with van der Waals surface area (Å²) < 4.78 is 58.8. The topological polar surface area (TPSA) is 47.6 Å². The van der Waals surface area contributed by atoms with Gasteiger partial charge in [0.05, 0.1) is 0 Å². The van der Waals surface area contributed by atoms with Crippen molar-refractivity contribution in [3.05, 3.63) is 24.0 Å². The van der Waals surface area contributed by atoms with Gasteiger partial charge in [-0.05, 0) is 26.0 Å². The molecule has 0 bridgehead atoms. The van der Waals surface area contributed by atoms with E-state index in [9.17, 15) is 22.4 Å². The number of alkyl halides is 3. The fourth-order valence-corrected chi connectivity index (χ4v) is 1.42. The minimum atomic E-state index is -4.55. The lowest BCUT2D eigenvalue weighted by Gasteiger charge is -2.13. The minimum absolute atomic E-state index is 0.100. The molecular formula is C13H15F4NO3. The standard InChI is InChI=1S/C13H15F4NO3/c1-3-20-8(2)12(19)18-9-4-5-11(10(14)6-9)21-7-13(15,16)17/h4-6,8H,3,7H2,1-2H3,(H,18,19)/t8-/m1/s1. The van der Waals surface area contributed by atoms with Gasteiger partial charge in [-0.2, -0.15) is 13.2 Å². The number of hydrogen-bond acceptors (Lipinski definition) is 3. The Hall–Kier alpha value is -1.83. The van der Waals surface area contributed by atoms with Crippen molar-refractivity contribution >= 4 is 11.6 Å². The lowest BCUT2D eigenvalue weighted by Crippen LogP contribution is -2.27. The summed E-state index contributed by atoms with van der Waals surface area (Å²) in [4.78, 5) is 11.6. The Morgan fingerprint density at radius 1 is 1.38 bits per heavy atom. The highest BCUT2D eigenvalue weighted by molar-refractivity contribution is 5.93. The van der Waals surface area contributed by atoms with E-state index in [0.29, 0.717) is 6.61 Å². The van der Waals surface area contributed by atoms with E-state index in [1.54, 1.807) is 6.92 Å². The van der Waals surface area contributed by atoms with Crippen LogP contribution in [0.1, 0.15) is 13.8 Å². The lowest BCUT2D eigenvalue weighted by atomic mass is 10.2. The van der Waals surface area contributed by atoms with Gasteiger partial charge in [0.2, 0.25) is 0 Å². The molecule has 0 radical (unpaired) electrons. The van der Waals surface area contributed by atoms with Crippen LogP contribution in [0.4, 0.5) is 23.2 Å². The number of hydrogen-bond donors (Lipinski definition) is 1. The quantitative estimate of drug-likeness (QED) is 0.821. The molecule has 4 nitrogen and oxygen atoms in total. The summed E-state index contributed by atoms with van der Waals surface area (Å²) in [6.45, 7) is 2.00. The Bertz CT molecular complexity index is 491. The molecule has 21 heavy (non-hydrogen) atoms. The fraction of sp³-hybridized carbons (Fsp3) is 0.462. The molecule has 0 heterocycles. The first kappa shape index (κ1) is 17.2. The zero-order valence-electron chi connectivity index (χ0n) is 11.5. The number of amides is 1. The number of benzene rings is 1. The third kappa shape index (κ3) is 5.99. The molecule has 1 N–H and O–H groups in total. The molecule has 1 aromatic carbocycles. The number of rotatable bonds is 6. The van der Waals surface area contributed by atoms with E-state index < -0.39 is 36.4 Å². The Labute approximate surface area is 119 Å². The van der Waals surface area contributed by atoms with Crippen molar-refractivity contribution in [3.63, 3.8) is 0 Å². The van der Waals surface area contributed by atoms with E-state index in [2.05, 4.69) is 10.1 Å². The maximum Gasteiger partial charge on any atom is 0.422 e. The van der Waals surface area contributed by atoms with Gasteiger partial charge in [0.1, 0.15) is 6.10 Å². The van der Waals surface area contributed by atoms with Gasteiger partial charge in [-0.15, -0.1) is 0 Å². The van der Waals surface area contributed by atoms with Gasteiger partial charge in [0.25, 0.3) is 5.91 Å². The van der Waals surface area contributed by atoms with Gasteiger partial charge in [0.15, 0.2) is 18.2 Å². The summed E-state index contributed by atoms with van der Waals surface area (Å²) >= 11 is 0. The molecule has 0 aromatic heterocycles. The van der Waals surface area contributed by atoms with Gasteiger partial charge in [-0.1, -0.05) is 0 Å². The van der Waals surface area contributed by atoms with Crippen molar-refractivity contribution in [2.75, 3.05) is 18.5 Å². The second-order valence-corrected chi connectivity index (χ2v) is 4.14. The molecule has 118 valence electrons. The van der Waals surface area contributed by atoms with E-state index in [-0.39, 0.29) is 5.69 Å². The normalized spacial score (nSPS) is 12.9. The maximum atomic E-state index is 13.5. The molecule has 0 aliphatic carbocycles. The molecular weight excluding hydrogens is 294 g/mol. The van der Waals surface area contributed by atoms with Crippen molar-refractivity contribution < 1.29 is 31.8 Å². The van der Waals surface area contributed by atoms with Gasteiger partial charge in [-0.25, -0.2) is 4.39 Å². The zero-order valence-corrected chi connectivity index (χ0v) is 11.5. The molecule has 0 unspecified atom stereocenters. The molecule has 0 fully saturated rings. The fourth-order valence-electron chi connectivity index (χ4n) is 1.42. The van der Waals surface area contributed by atoms with Crippen LogP contribution < -0.4 is 10.1 Å². The van der Waals surface area contributed by atoms with Crippen molar-refractivity contribution in [2.24, 2.45) is 0 Å². The minimum Gasteiger partial charge on any atom is -0.481 e. The second-order valence-electron chi connectivity index (χ2n) is 4.14. The van der Waals surface area contributed by atoms with E-state index in [1.807, 2.05) is 0 Å². The number of carbonyl (C=O) groups is 1. The van der Waals surface area contributed by atoms with E-state index in [4.69, 9.17) is 4.74 Å². The summed E-state index contributed by atoms with van der Waals surface area (Å²) in [6.07, 6.45) is -5.27. The van der Waals surface area contributed by atoms with Crippen molar-refractivity contribution in [1.29, 1.82) is 0 Å². The van der Waals surface area contributed by atoms with Crippen LogP contribution in [-0.2, 0) is 9.53 Å². The summed E-state index contributed by atoms with van der Waals surface area (Å²) in [5.74, 6) is -2.02. The smallest absolute Gasteiger partial charge is 0.422 e. The third-order valence-electron chi connectivity index (χ3n) is 2.38. The number of carbonyl (C=O) groups excluding carboxylic acids is 1. The molecule has 1 amide bonds. The van der Waals surface area contributed by atoms with E-state index in [0.717, 1.165) is 12.1 Å². The Balaban J connectivity index is 2.67. The number of anilines is 1. The monoisotopic (exact) mass is 309 g/mol. The van der Waals surface area contributed by atoms with Gasteiger partial charge < -0.3 is 14.8 Å². The van der Waals surface area contributed by atoms with Crippen LogP contribution in [-0.4, -0.2) is 31.4 Å². The number of nitrogens with one attached hydrogen (secondary N) is 1. The van der Waals surface area contributed by atoms with Gasteiger partial charge in [-0.3, -0.25) is 4.79 Å². The number of ether oxygens (including phenoxy) is 2. The molecule has 1 aromatic rings. The highest BCUT2D eigenvalue weighted by atomic mass is 19.4. The third-order valence-corrected chi connectivity index (χ3v) is 2.38. The van der Waals surface area contributed by atoms with Crippen LogP contribution in [0, 0.1) is 5.82 Å². The lowest BCUT2D eigenvalue weighted by molar-refractivity contribution is -0.153. The van der Waals surface area contributed by atoms with Crippen molar-refractivity contribution in [2.45, 2.75) is 26.1 Å². The highest BCUT2D eigenvalue weighted by Gasteiger charge is 2.29. The summed E-state index contributed by atoms with van der Waals surface area (Å²) in [6, 6.07) is 3.13. The Morgan fingerprint density at radius 3 is 2.57 bits per heavy atom. The first-order valence-corrected chi connectivity index (χ1v) is 6.14. The van der Waals surface area contributed by atoms with Crippen LogP contribution in [0.2, 0.25) is 0 Å². The average molecular weight is 309 g/mol. The Kier molecular flexibility index (Phi) is 5.95. The first-order chi connectivity index (χ1) is 9.73. The highest BCUT2D eigenvalue weighted by Crippen LogP contribution is 2.24. The van der Waals surface area contributed by atoms with Gasteiger partial charge in [0, 0.05) is 18.4 Å². The summed E-state index contributed by atoms with van der Waals surface area (Å²) in [5.41, 5.74) is 0.100. The van der Waals surface area contributed by atoms with Crippen LogP contribution in [0.25, 0.3) is 0 Å². The predicted octanol–water partition coefficient (Wildman–Crippen LogP) is 3.13. The first-order valence-electron chi connectivity index (χ1n) is 6.14. The summed E-state index contributed by atoms with van der Waals surface area (Å²) in [7, 11) is 0. The zero-order chi connectivity index (χ0) is 16.0. The molecule has 0 aliphatic heterocycles. The maximum absolute atomic E-state index is 13.5. The molecule has 0 saturated heterocycles. The van der Waals surface area contributed by atoms with Crippen molar-refractivity contribution in [3.8, 4) is 5.75 Å². The van der Waals surface area contributed by atoms with Crippen LogP contribution in [0.15, 0.2) is 18.2 Å². The molecule has 1 atom stereocenters. The molecule has 0 saturated carbocycles. The van der Waals surface area contributed by atoms with Crippen LogP contribution >= 0.6 is 0 Å². The average Bonchev–Trinajstić information content (AvgIpc) is 2.36. The molecule has 0 spiro atoms. The molecule has 1 rings (SSSR count). The van der Waals surface area contributed by atoms with Gasteiger partial charge >= 0.3 is 6.18 Å². The molecule has 8 heteroatoms. The van der Waals surface area contributed by atoms with Crippen LogP contribution in [0.5, 0.6) is 5.75 Å². The van der Waals surface area contributed by atoms with E-state index in [1.165, 1.54) is 13.0 Å². The largest absolute Gasteiger partial charge is 0.481 e. The number of halogens is 4. The van der Waals surface area contributed by atoms with Crippen molar-refractivity contribution in [1.82, 2.24) is 0 Å². The predicted molar refractivity (Wildman–Crippen MR) is 67.7 cm³/mol. The van der Waals surface area contributed by atoms with Crippen LogP contribution in [0.3, 0.4) is 0 Å².